The standard InChI is InChI=1S/C12H27ClN2/c1-5-14(6-2)10-11-15(12(3)4)9-7-8-13/h12H,5-11H2,1-4H3. The fraction of sp³-hybridized carbons (Fsp3) is 1.00. The van der Waals surface area contributed by atoms with Gasteiger partial charge in [0, 0.05) is 25.0 Å². The zero-order valence-corrected chi connectivity index (χ0v) is 11.6. The molecular formula is C12H27ClN2. The van der Waals surface area contributed by atoms with Gasteiger partial charge in [0.15, 0.2) is 0 Å². The zero-order valence-electron chi connectivity index (χ0n) is 10.8. The normalized spacial score (nSPS) is 12.0. The smallest absolute Gasteiger partial charge is 0.0235 e. The van der Waals surface area contributed by atoms with Crippen molar-refractivity contribution in [2.75, 3.05) is 38.6 Å². The molecule has 0 heterocycles. The highest BCUT2D eigenvalue weighted by atomic mass is 35.5. The van der Waals surface area contributed by atoms with E-state index in [0.29, 0.717) is 6.04 Å². The number of alkyl halides is 1. The van der Waals surface area contributed by atoms with E-state index in [1.165, 1.54) is 6.54 Å². The molecule has 0 N–H and O–H groups in total. The molecule has 0 spiro atoms. The second-order valence-corrected chi connectivity index (χ2v) is 4.58. The van der Waals surface area contributed by atoms with Gasteiger partial charge in [-0.05, 0) is 39.9 Å². The SMILES string of the molecule is CCN(CC)CCN(CCCCl)C(C)C. The van der Waals surface area contributed by atoms with Gasteiger partial charge in [0.1, 0.15) is 0 Å². The van der Waals surface area contributed by atoms with Crippen LogP contribution in [0.15, 0.2) is 0 Å². The van der Waals surface area contributed by atoms with E-state index in [2.05, 4.69) is 37.5 Å². The number of hydrogen-bond donors (Lipinski definition) is 0. The van der Waals surface area contributed by atoms with E-state index in [1.807, 2.05) is 0 Å². The van der Waals surface area contributed by atoms with Crippen LogP contribution in [0, 0.1) is 0 Å². The fourth-order valence-corrected chi connectivity index (χ4v) is 1.82. The highest BCUT2D eigenvalue weighted by molar-refractivity contribution is 6.17. The lowest BCUT2D eigenvalue weighted by Crippen LogP contribution is -2.39. The van der Waals surface area contributed by atoms with Gasteiger partial charge in [0.2, 0.25) is 0 Å². The van der Waals surface area contributed by atoms with Gasteiger partial charge in [-0.3, -0.25) is 4.90 Å². The fourth-order valence-electron chi connectivity index (χ4n) is 1.70. The Morgan fingerprint density at radius 1 is 1.00 bits per heavy atom. The Hall–Kier alpha value is 0.210. The van der Waals surface area contributed by atoms with Crippen LogP contribution < -0.4 is 0 Å². The summed E-state index contributed by atoms with van der Waals surface area (Å²) < 4.78 is 0. The van der Waals surface area contributed by atoms with Crippen molar-refractivity contribution in [3.05, 3.63) is 0 Å². The maximum atomic E-state index is 5.73. The summed E-state index contributed by atoms with van der Waals surface area (Å²) in [7, 11) is 0. The van der Waals surface area contributed by atoms with Crippen molar-refractivity contribution in [1.82, 2.24) is 9.80 Å². The third kappa shape index (κ3) is 7.15. The monoisotopic (exact) mass is 234 g/mol. The van der Waals surface area contributed by atoms with E-state index in [-0.39, 0.29) is 0 Å². The third-order valence-electron chi connectivity index (χ3n) is 2.91. The number of hydrogen-bond acceptors (Lipinski definition) is 2. The Labute approximate surface area is 101 Å². The first-order valence-electron chi connectivity index (χ1n) is 6.18. The molecule has 0 saturated heterocycles. The van der Waals surface area contributed by atoms with E-state index in [1.54, 1.807) is 0 Å². The zero-order chi connectivity index (χ0) is 11.7. The molecule has 92 valence electrons. The summed E-state index contributed by atoms with van der Waals surface area (Å²) in [5, 5.41) is 0. The second kappa shape index (κ2) is 9.44. The minimum Gasteiger partial charge on any atom is -0.303 e. The Balaban J connectivity index is 3.83. The lowest BCUT2D eigenvalue weighted by Gasteiger charge is -2.29. The minimum atomic E-state index is 0.628. The molecule has 0 aromatic rings. The number of nitrogens with zero attached hydrogens (tertiary/aromatic N) is 2. The first-order chi connectivity index (χ1) is 7.15. The molecule has 0 saturated carbocycles. The second-order valence-electron chi connectivity index (χ2n) is 4.20. The highest BCUT2D eigenvalue weighted by Crippen LogP contribution is 2.01. The minimum absolute atomic E-state index is 0.628. The van der Waals surface area contributed by atoms with Crippen LogP contribution in [0.4, 0.5) is 0 Å². The summed E-state index contributed by atoms with van der Waals surface area (Å²) in [6.07, 6.45) is 1.10. The molecule has 0 unspecified atom stereocenters. The molecule has 0 rings (SSSR count). The number of halogens is 1. The Morgan fingerprint density at radius 2 is 1.60 bits per heavy atom. The Kier molecular flexibility index (Phi) is 9.57. The molecule has 0 aliphatic heterocycles. The van der Waals surface area contributed by atoms with Crippen LogP contribution >= 0.6 is 11.6 Å². The molecule has 3 heteroatoms. The Morgan fingerprint density at radius 3 is 2.00 bits per heavy atom. The number of likely N-dealkylation sites (N-methyl/N-ethyl adjacent to an activating group) is 1. The van der Waals surface area contributed by atoms with E-state index < -0.39 is 0 Å². The van der Waals surface area contributed by atoms with Gasteiger partial charge in [-0.2, -0.15) is 0 Å². The molecule has 0 aliphatic rings. The van der Waals surface area contributed by atoms with E-state index in [9.17, 15) is 0 Å². The van der Waals surface area contributed by atoms with Crippen molar-refractivity contribution in [2.45, 2.75) is 40.2 Å². The third-order valence-corrected chi connectivity index (χ3v) is 3.17. The van der Waals surface area contributed by atoms with Crippen LogP contribution in [0.2, 0.25) is 0 Å². The van der Waals surface area contributed by atoms with Crippen molar-refractivity contribution in [2.24, 2.45) is 0 Å². The van der Waals surface area contributed by atoms with Crippen LogP contribution in [0.25, 0.3) is 0 Å². The van der Waals surface area contributed by atoms with Gasteiger partial charge in [-0.25, -0.2) is 0 Å². The largest absolute Gasteiger partial charge is 0.303 e. The van der Waals surface area contributed by atoms with Crippen LogP contribution in [-0.2, 0) is 0 Å². The average molecular weight is 235 g/mol. The quantitative estimate of drug-likeness (QED) is 0.566. The summed E-state index contributed by atoms with van der Waals surface area (Å²) >= 11 is 5.73. The molecule has 0 aromatic heterocycles. The lowest BCUT2D eigenvalue weighted by molar-refractivity contribution is 0.182. The van der Waals surface area contributed by atoms with Crippen molar-refractivity contribution in [3.63, 3.8) is 0 Å². The first kappa shape index (κ1) is 15.2. The van der Waals surface area contributed by atoms with Crippen molar-refractivity contribution in [3.8, 4) is 0 Å². The average Bonchev–Trinajstić information content (AvgIpc) is 2.23. The Bertz CT molecular complexity index is 136. The molecule has 0 radical (unpaired) electrons. The van der Waals surface area contributed by atoms with Gasteiger partial charge in [-0.1, -0.05) is 13.8 Å². The summed E-state index contributed by atoms with van der Waals surface area (Å²) in [6, 6.07) is 0.628. The van der Waals surface area contributed by atoms with E-state index in [0.717, 1.165) is 38.5 Å². The lowest BCUT2D eigenvalue weighted by atomic mass is 10.3. The van der Waals surface area contributed by atoms with Crippen molar-refractivity contribution >= 4 is 11.6 Å². The summed E-state index contributed by atoms with van der Waals surface area (Å²) in [5.41, 5.74) is 0. The molecule has 15 heavy (non-hydrogen) atoms. The molecule has 0 aliphatic carbocycles. The van der Waals surface area contributed by atoms with Crippen LogP contribution in [0.1, 0.15) is 34.1 Å². The van der Waals surface area contributed by atoms with Gasteiger partial charge in [0.05, 0.1) is 0 Å². The molecule has 0 aromatic carbocycles. The van der Waals surface area contributed by atoms with Gasteiger partial charge in [-0.15, -0.1) is 11.6 Å². The summed E-state index contributed by atoms with van der Waals surface area (Å²) in [6.45, 7) is 14.7. The van der Waals surface area contributed by atoms with Crippen LogP contribution in [-0.4, -0.2) is 54.4 Å². The summed E-state index contributed by atoms with van der Waals surface area (Å²) in [5.74, 6) is 0.772. The molecule has 0 fully saturated rings. The van der Waals surface area contributed by atoms with Gasteiger partial charge >= 0.3 is 0 Å². The molecule has 0 bridgehead atoms. The predicted octanol–water partition coefficient (Wildman–Crippen LogP) is 2.67. The predicted molar refractivity (Wildman–Crippen MR) is 69.8 cm³/mol. The van der Waals surface area contributed by atoms with Gasteiger partial charge in [0.25, 0.3) is 0 Å². The maximum absolute atomic E-state index is 5.73. The van der Waals surface area contributed by atoms with Crippen LogP contribution in [0.5, 0.6) is 0 Å². The number of rotatable bonds is 9. The van der Waals surface area contributed by atoms with Gasteiger partial charge < -0.3 is 4.90 Å². The van der Waals surface area contributed by atoms with Crippen LogP contribution in [0.3, 0.4) is 0 Å². The van der Waals surface area contributed by atoms with E-state index >= 15 is 0 Å². The molecule has 0 amide bonds. The summed E-state index contributed by atoms with van der Waals surface area (Å²) in [4.78, 5) is 4.98. The highest BCUT2D eigenvalue weighted by Gasteiger charge is 2.09. The first-order valence-corrected chi connectivity index (χ1v) is 6.71. The maximum Gasteiger partial charge on any atom is 0.0235 e. The molecule has 0 atom stereocenters. The molecular weight excluding hydrogens is 208 g/mol. The molecule has 2 nitrogen and oxygen atoms in total. The van der Waals surface area contributed by atoms with Crippen molar-refractivity contribution < 1.29 is 0 Å². The van der Waals surface area contributed by atoms with E-state index in [4.69, 9.17) is 11.6 Å². The topological polar surface area (TPSA) is 6.48 Å². The van der Waals surface area contributed by atoms with Crippen molar-refractivity contribution in [1.29, 1.82) is 0 Å².